The molecule has 0 spiro atoms. The number of hydrogen-bond donors (Lipinski definition) is 2. The lowest BCUT2D eigenvalue weighted by molar-refractivity contribution is -0.346. The highest BCUT2D eigenvalue weighted by molar-refractivity contribution is 5.70. The summed E-state index contributed by atoms with van der Waals surface area (Å²) in [7, 11) is 0. The second kappa shape index (κ2) is 10.3. The topological polar surface area (TPSA) is 93.1 Å². The number of aliphatic carboxylic acids is 2. The van der Waals surface area contributed by atoms with Crippen LogP contribution in [0.15, 0.2) is 0 Å². The highest BCUT2D eigenvalue weighted by Gasteiger charge is 2.37. The average molecular weight is 424 g/mol. The molecule has 2 fully saturated rings. The van der Waals surface area contributed by atoms with Crippen molar-refractivity contribution in [2.45, 2.75) is 76.3 Å². The second-order valence-corrected chi connectivity index (χ2v) is 6.75. The number of carboxylic acid groups (broad SMARTS) is 2. The van der Waals surface area contributed by atoms with Gasteiger partial charge in [-0.05, 0) is 51.4 Å². The second-order valence-electron chi connectivity index (χ2n) is 6.75. The van der Waals surface area contributed by atoms with Crippen LogP contribution in [0.2, 0.25) is 0 Å². The smallest absolute Gasteiger partial charge is 0.481 e. The monoisotopic (exact) mass is 424 g/mol. The molecule has 28 heavy (non-hydrogen) atoms. The summed E-state index contributed by atoms with van der Waals surface area (Å²) in [5.74, 6) is -2.89. The van der Waals surface area contributed by atoms with Gasteiger partial charge >= 0.3 is 24.7 Å². The number of carboxylic acids is 2. The van der Waals surface area contributed by atoms with Crippen LogP contribution in [-0.4, -0.2) is 47.1 Å². The molecule has 0 heterocycles. The van der Waals surface area contributed by atoms with Crippen LogP contribution in [0, 0.1) is 11.8 Å². The summed E-state index contributed by atoms with van der Waals surface area (Å²) in [6.07, 6.45) is -9.27. The first-order chi connectivity index (χ1) is 12.8. The quantitative estimate of drug-likeness (QED) is 0.653. The van der Waals surface area contributed by atoms with Gasteiger partial charge in [-0.1, -0.05) is 0 Å². The minimum absolute atomic E-state index is 0.163. The van der Waals surface area contributed by atoms with Gasteiger partial charge in [-0.3, -0.25) is 19.1 Å². The highest BCUT2D eigenvalue weighted by Crippen LogP contribution is 2.31. The molecule has 0 aliphatic heterocycles. The number of carbonyl (C=O) groups is 2. The minimum atomic E-state index is -4.61. The van der Waals surface area contributed by atoms with Crippen molar-refractivity contribution in [1.29, 1.82) is 0 Å². The molecule has 0 aromatic heterocycles. The van der Waals surface area contributed by atoms with E-state index >= 15 is 0 Å². The lowest BCUT2D eigenvalue weighted by atomic mass is 9.87. The van der Waals surface area contributed by atoms with Gasteiger partial charge in [-0.2, -0.15) is 0 Å². The van der Waals surface area contributed by atoms with Crippen molar-refractivity contribution in [3.05, 3.63) is 0 Å². The highest BCUT2D eigenvalue weighted by atomic mass is 19.4. The summed E-state index contributed by atoms with van der Waals surface area (Å²) >= 11 is 0. The molecule has 0 aromatic rings. The van der Waals surface area contributed by atoms with Crippen molar-refractivity contribution in [1.82, 2.24) is 0 Å². The molecule has 2 aliphatic carbocycles. The Morgan fingerprint density at radius 2 is 0.857 bits per heavy atom. The van der Waals surface area contributed by atoms with E-state index in [1.54, 1.807) is 0 Å². The van der Waals surface area contributed by atoms with Gasteiger partial charge in [0.05, 0.1) is 24.0 Å². The fourth-order valence-electron chi connectivity index (χ4n) is 3.23. The molecule has 0 atom stereocenters. The maximum absolute atomic E-state index is 11.8. The largest absolute Gasteiger partial charge is 0.522 e. The van der Waals surface area contributed by atoms with Gasteiger partial charge in [0.1, 0.15) is 0 Å². The Hall–Kier alpha value is -1.56. The zero-order valence-corrected chi connectivity index (χ0v) is 14.8. The fourth-order valence-corrected chi connectivity index (χ4v) is 3.23. The van der Waals surface area contributed by atoms with E-state index in [2.05, 4.69) is 9.47 Å². The molecule has 0 radical (unpaired) electrons. The summed E-state index contributed by atoms with van der Waals surface area (Å²) in [6, 6.07) is 0. The molecule has 0 aromatic carbocycles. The van der Waals surface area contributed by atoms with Gasteiger partial charge in [-0.15, -0.1) is 26.3 Å². The van der Waals surface area contributed by atoms with Crippen molar-refractivity contribution in [2.24, 2.45) is 11.8 Å². The van der Waals surface area contributed by atoms with Crippen molar-refractivity contribution in [3.63, 3.8) is 0 Å². The van der Waals surface area contributed by atoms with Gasteiger partial charge in [0, 0.05) is 0 Å². The summed E-state index contributed by atoms with van der Waals surface area (Å²) in [4.78, 5) is 21.0. The van der Waals surface area contributed by atoms with Gasteiger partial charge < -0.3 is 10.2 Å². The van der Waals surface area contributed by atoms with Crippen molar-refractivity contribution < 1.29 is 55.6 Å². The Kier molecular flexibility index (Phi) is 8.99. The number of rotatable bonds is 4. The SMILES string of the molecule is O=C(O)C1CCC(OC(F)(F)F)CC1.O=C(O)C1CCC(OC(F)(F)F)CC1. The maximum Gasteiger partial charge on any atom is 0.522 e. The first-order valence-corrected chi connectivity index (χ1v) is 8.71. The molecule has 0 saturated heterocycles. The van der Waals surface area contributed by atoms with Crippen LogP contribution >= 0.6 is 0 Å². The first kappa shape index (κ1) is 24.5. The normalized spacial score (nSPS) is 28.8. The van der Waals surface area contributed by atoms with E-state index in [9.17, 15) is 35.9 Å². The number of hydrogen-bond acceptors (Lipinski definition) is 4. The lowest BCUT2D eigenvalue weighted by Crippen LogP contribution is -2.30. The van der Waals surface area contributed by atoms with Crippen LogP contribution in [0.3, 0.4) is 0 Å². The predicted octanol–water partition coefficient (Wildman–Crippen LogP) is 4.33. The van der Waals surface area contributed by atoms with Gasteiger partial charge in [0.2, 0.25) is 0 Å². The van der Waals surface area contributed by atoms with Crippen LogP contribution in [0.1, 0.15) is 51.4 Å². The first-order valence-electron chi connectivity index (χ1n) is 8.71. The van der Waals surface area contributed by atoms with Crippen molar-refractivity contribution in [2.75, 3.05) is 0 Å². The molecule has 2 rings (SSSR count). The minimum Gasteiger partial charge on any atom is -0.481 e. The van der Waals surface area contributed by atoms with Gasteiger partial charge in [0.15, 0.2) is 0 Å². The molecule has 2 aliphatic rings. The Bertz CT molecular complexity index is 459. The van der Waals surface area contributed by atoms with Gasteiger partial charge in [-0.25, -0.2) is 0 Å². The molecule has 6 nitrogen and oxygen atoms in total. The van der Waals surface area contributed by atoms with E-state index in [0.29, 0.717) is 0 Å². The third-order valence-corrected chi connectivity index (χ3v) is 4.65. The van der Waals surface area contributed by atoms with Crippen LogP contribution in [0.5, 0.6) is 0 Å². The number of halogens is 6. The van der Waals surface area contributed by atoms with Crippen LogP contribution in [-0.2, 0) is 19.1 Å². The molecular formula is C16H22F6O6. The van der Waals surface area contributed by atoms with E-state index in [4.69, 9.17) is 10.2 Å². The predicted molar refractivity (Wildman–Crippen MR) is 81.0 cm³/mol. The summed E-state index contributed by atoms with van der Waals surface area (Å²) < 4.78 is 78.2. The molecule has 2 saturated carbocycles. The Balaban J connectivity index is 0.000000280. The molecule has 164 valence electrons. The summed E-state index contributed by atoms with van der Waals surface area (Å²) in [5.41, 5.74) is 0. The third-order valence-electron chi connectivity index (χ3n) is 4.65. The Labute approximate surface area is 156 Å². The summed E-state index contributed by atoms with van der Waals surface area (Å²) in [6.45, 7) is 0. The number of alkyl halides is 6. The molecule has 0 unspecified atom stereocenters. The van der Waals surface area contributed by atoms with E-state index in [1.807, 2.05) is 0 Å². The van der Waals surface area contributed by atoms with E-state index < -0.39 is 48.7 Å². The number of ether oxygens (including phenoxy) is 2. The van der Waals surface area contributed by atoms with Crippen molar-refractivity contribution >= 4 is 11.9 Å². The van der Waals surface area contributed by atoms with E-state index in [0.717, 1.165) is 0 Å². The van der Waals surface area contributed by atoms with Crippen LogP contribution < -0.4 is 0 Å². The molecule has 0 bridgehead atoms. The Morgan fingerprint density at radius 3 is 1.04 bits per heavy atom. The van der Waals surface area contributed by atoms with Gasteiger partial charge in [0.25, 0.3) is 0 Å². The van der Waals surface area contributed by atoms with Crippen LogP contribution in [0.25, 0.3) is 0 Å². The summed E-state index contributed by atoms with van der Waals surface area (Å²) in [5, 5.41) is 17.2. The third kappa shape index (κ3) is 10.1. The standard InChI is InChI=1S/2C8H11F3O3/c2*9-8(10,11)14-6-3-1-5(2-4-6)7(12)13/h2*5-6H,1-4H2,(H,12,13). The maximum atomic E-state index is 11.8. The lowest BCUT2D eigenvalue weighted by Gasteiger charge is -2.26. The molecule has 12 heteroatoms. The Morgan fingerprint density at radius 1 is 0.607 bits per heavy atom. The van der Waals surface area contributed by atoms with Crippen molar-refractivity contribution in [3.8, 4) is 0 Å². The van der Waals surface area contributed by atoms with E-state index in [1.165, 1.54) is 0 Å². The zero-order valence-electron chi connectivity index (χ0n) is 14.8. The molecule has 0 amide bonds. The van der Waals surface area contributed by atoms with E-state index in [-0.39, 0.29) is 51.4 Å². The van der Waals surface area contributed by atoms with Crippen LogP contribution in [0.4, 0.5) is 26.3 Å². The molecule has 2 N–H and O–H groups in total. The molecular weight excluding hydrogens is 402 g/mol. The average Bonchev–Trinajstić information content (AvgIpc) is 2.53. The zero-order chi connectivity index (χ0) is 21.5. The fraction of sp³-hybridized carbons (Fsp3) is 0.875.